The second-order valence-electron chi connectivity index (χ2n) is 4.79. The number of nitrogens with one attached hydrogen (secondary N) is 2. The minimum atomic E-state index is -4.73. The molecule has 0 fully saturated rings. The van der Waals surface area contributed by atoms with Crippen molar-refractivity contribution >= 4 is 5.96 Å². The smallest absolute Gasteiger partial charge is 0.405 e. The number of nitrogens with zero attached hydrogens (tertiary/aromatic N) is 4. The maximum Gasteiger partial charge on any atom is 0.573 e. The fourth-order valence-electron chi connectivity index (χ4n) is 1.90. The van der Waals surface area contributed by atoms with Gasteiger partial charge < -0.3 is 19.9 Å². The summed E-state index contributed by atoms with van der Waals surface area (Å²) in [5, 5.41) is 13.6. The third-order valence-electron chi connectivity index (χ3n) is 3.09. The van der Waals surface area contributed by atoms with Crippen LogP contribution < -0.4 is 15.4 Å². The van der Waals surface area contributed by atoms with Gasteiger partial charge in [-0.2, -0.15) is 0 Å². The van der Waals surface area contributed by atoms with Gasteiger partial charge in [-0.25, -0.2) is 0 Å². The summed E-state index contributed by atoms with van der Waals surface area (Å²) in [5.74, 6) is 0.861. The molecule has 1 aromatic heterocycles. The van der Waals surface area contributed by atoms with Crippen molar-refractivity contribution in [3.05, 3.63) is 42.0 Å². The Morgan fingerprint density at radius 3 is 2.58 bits per heavy atom. The van der Waals surface area contributed by atoms with Crippen LogP contribution in [0, 0.1) is 0 Å². The van der Waals surface area contributed by atoms with Gasteiger partial charge in [0.15, 0.2) is 11.8 Å². The molecule has 0 aliphatic rings. The summed E-state index contributed by atoms with van der Waals surface area (Å²) >= 11 is 0. The maximum absolute atomic E-state index is 12.4. The number of aryl methyl sites for hydroxylation is 1. The molecule has 0 aliphatic heterocycles. The van der Waals surface area contributed by atoms with E-state index in [9.17, 15) is 13.2 Å². The molecule has 0 radical (unpaired) electrons. The van der Waals surface area contributed by atoms with E-state index >= 15 is 0 Å². The Morgan fingerprint density at radius 2 is 1.96 bits per heavy atom. The van der Waals surface area contributed by atoms with Gasteiger partial charge in [0.1, 0.15) is 12.1 Å². The first-order valence-electron chi connectivity index (χ1n) is 7.00. The molecular weight excluding hydrogens is 325 g/mol. The fraction of sp³-hybridized carbons (Fsp3) is 0.357. The van der Waals surface area contributed by atoms with E-state index in [2.05, 4.69) is 30.6 Å². The van der Waals surface area contributed by atoms with Gasteiger partial charge in [-0.05, 0) is 6.07 Å². The summed E-state index contributed by atoms with van der Waals surface area (Å²) in [4.78, 5) is 4.01. The number of alkyl halides is 3. The number of aromatic nitrogens is 3. The molecule has 1 aromatic carbocycles. The first-order chi connectivity index (χ1) is 11.4. The van der Waals surface area contributed by atoms with E-state index in [1.807, 2.05) is 0 Å². The minimum absolute atomic E-state index is 0.116. The monoisotopic (exact) mass is 342 g/mol. The van der Waals surface area contributed by atoms with Gasteiger partial charge in [0.2, 0.25) is 0 Å². The highest BCUT2D eigenvalue weighted by atomic mass is 19.4. The van der Waals surface area contributed by atoms with Gasteiger partial charge >= 0.3 is 6.36 Å². The molecule has 7 nitrogen and oxygen atoms in total. The second-order valence-corrected chi connectivity index (χ2v) is 4.79. The highest BCUT2D eigenvalue weighted by molar-refractivity contribution is 5.79. The lowest BCUT2D eigenvalue weighted by atomic mass is 10.2. The number of benzene rings is 1. The molecular formula is C14H17F3N6O. The van der Waals surface area contributed by atoms with Crippen LogP contribution in [0.25, 0.3) is 0 Å². The molecule has 1 heterocycles. The first kappa shape index (κ1) is 17.6. The van der Waals surface area contributed by atoms with Crippen LogP contribution in [0.1, 0.15) is 11.4 Å². The molecule has 0 saturated heterocycles. The molecule has 2 aromatic rings. The lowest BCUT2D eigenvalue weighted by Crippen LogP contribution is -2.37. The number of halogens is 3. The van der Waals surface area contributed by atoms with Gasteiger partial charge in [0, 0.05) is 26.2 Å². The summed E-state index contributed by atoms with van der Waals surface area (Å²) in [7, 11) is 3.36. The highest BCUT2D eigenvalue weighted by Crippen LogP contribution is 2.25. The zero-order chi connectivity index (χ0) is 17.6. The standard InChI is InChI=1S/C14H17F3N6O/c1-18-13(20-8-12-22-21-9-23(12)2)19-7-10-5-3-4-6-11(10)24-14(15,16)17/h3-6,9H,7-8H2,1-2H3,(H2,18,19,20). The average Bonchev–Trinajstić information content (AvgIpc) is 2.93. The zero-order valence-corrected chi connectivity index (χ0v) is 13.1. The molecule has 0 atom stereocenters. The SMILES string of the molecule is CN=C(NCc1ccccc1OC(F)(F)F)NCc1nncn1C. The van der Waals surface area contributed by atoms with E-state index in [-0.39, 0.29) is 12.3 Å². The molecule has 2 rings (SSSR count). The van der Waals surface area contributed by atoms with Gasteiger partial charge in [0.05, 0.1) is 6.54 Å². The van der Waals surface area contributed by atoms with Crippen molar-refractivity contribution in [3.63, 3.8) is 0 Å². The van der Waals surface area contributed by atoms with Crippen molar-refractivity contribution in [1.82, 2.24) is 25.4 Å². The number of guanidine groups is 1. The van der Waals surface area contributed by atoms with Crippen molar-refractivity contribution in [1.29, 1.82) is 0 Å². The predicted molar refractivity (Wildman–Crippen MR) is 81.2 cm³/mol. The Bertz CT molecular complexity index is 698. The number of rotatable bonds is 5. The molecule has 10 heteroatoms. The normalized spacial score (nSPS) is 12.1. The maximum atomic E-state index is 12.4. The number of para-hydroxylation sites is 1. The second kappa shape index (κ2) is 7.66. The third kappa shape index (κ3) is 5.14. The first-order valence-corrected chi connectivity index (χ1v) is 7.00. The summed E-state index contributed by atoms with van der Waals surface area (Å²) in [6.45, 7) is 0.488. The lowest BCUT2D eigenvalue weighted by molar-refractivity contribution is -0.274. The van der Waals surface area contributed by atoms with Gasteiger partial charge in [-0.15, -0.1) is 23.4 Å². The Balaban J connectivity index is 1.95. The van der Waals surface area contributed by atoms with E-state index in [1.165, 1.54) is 12.1 Å². The van der Waals surface area contributed by atoms with Crippen molar-refractivity contribution in [2.75, 3.05) is 7.05 Å². The van der Waals surface area contributed by atoms with Gasteiger partial charge in [-0.1, -0.05) is 18.2 Å². The molecule has 0 bridgehead atoms. The van der Waals surface area contributed by atoms with Crippen molar-refractivity contribution in [3.8, 4) is 5.75 Å². The largest absolute Gasteiger partial charge is 0.573 e. The van der Waals surface area contributed by atoms with Gasteiger partial charge in [0.25, 0.3) is 0 Å². The predicted octanol–water partition coefficient (Wildman–Crippen LogP) is 1.58. The molecule has 0 unspecified atom stereocenters. The van der Waals surface area contributed by atoms with Crippen LogP contribution in [0.4, 0.5) is 13.2 Å². The fourth-order valence-corrected chi connectivity index (χ4v) is 1.90. The van der Waals surface area contributed by atoms with Crippen LogP contribution in [0.3, 0.4) is 0 Å². The molecule has 0 aliphatic carbocycles. The quantitative estimate of drug-likeness (QED) is 0.637. The van der Waals surface area contributed by atoms with E-state index < -0.39 is 6.36 Å². The Labute approximate surface area is 136 Å². The molecule has 0 saturated carbocycles. The van der Waals surface area contributed by atoms with Gasteiger partial charge in [-0.3, -0.25) is 4.99 Å². The van der Waals surface area contributed by atoms with Crippen LogP contribution >= 0.6 is 0 Å². The van der Waals surface area contributed by atoms with E-state index in [4.69, 9.17) is 0 Å². The average molecular weight is 342 g/mol. The van der Waals surface area contributed by atoms with Crippen molar-refractivity contribution < 1.29 is 17.9 Å². The van der Waals surface area contributed by atoms with Crippen molar-refractivity contribution in [2.24, 2.45) is 12.0 Å². The number of aliphatic imine (C=N–C) groups is 1. The number of hydrogen-bond acceptors (Lipinski definition) is 4. The highest BCUT2D eigenvalue weighted by Gasteiger charge is 2.31. The van der Waals surface area contributed by atoms with Crippen LogP contribution in [-0.4, -0.2) is 34.1 Å². The Hall–Kier alpha value is -2.78. The molecule has 0 spiro atoms. The molecule has 130 valence electrons. The van der Waals surface area contributed by atoms with Crippen LogP contribution in [-0.2, 0) is 20.1 Å². The minimum Gasteiger partial charge on any atom is -0.405 e. The molecule has 0 amide bonds. The summed E-state index contributed by atoms with van der Waals surface area (Å²) in [5.41, 5.74) is 0.358. The Kier molecular flexibility index (Phi) is 5.61. The third-order valence-corrected chi connectivity index (χ3v) is 3.09. The van der Waals surface area contributed by atoms with E-state index in [1.54, 1.807) is 37.1 Å². The molecule has 2 N–H and O–H groups in total. The zero-order valence-electron chi connectivity index (χ0n) is 13.1. The van der Waals surface area contributed by atoms with E-state index in [0.717, 1.165) is 0 Å². The van der Waals surface area contributed by atoms with Crippen LogP contribution in [0.2, 0.25) is 0 Å². The lowest BCUT2D eigenvalue weighted by Gasteiger charge is -2.15. The topological polar surface area (TPSA) is 76.4 Å². The number of ether oxygens (including phenoxy) is 1. The summed E-state index contributed by atoms with van der Waals surface area (Å²) in [6, 6.07) is 5.92. The molecule has 24 heavy (non-hydrogen) atoms. The van der Waals surface area contributed by atoms with Crippen LogP contribution in [0.5, 0.6) is 5.75 Å². The Morgan fingerprint density at radius 1 is 1.25 bits per heavy atom. The van der Waals surface area contributed by atoms with Crippen molar-refractivity contribution in [2.45, 2.75) is 19.5 Å². The van der Waals surface area contributed by atoms with Crippen LogP contribution in [0.15, 0.2) is 35.6 Å². The summed E-state index contributed by atoms with van der Waals surface area (Å²) < 4.78 is 43.0. The number of hydrogen-bond donors (Lipinski definition) is 2. The van der Waals surface area contributed by atoms with E-state index in [0.29, 0.717) is 23.9 Å². The summed E-state index contributed by atoms with van der Waals surface area (Å²) in [6.07, 6.45) is -3.17.